The normalized spacial score (nSPS) is 17.2. The average molecular weight is 407 g/mol. The van der Waals surface area contributed by atoms with Gasteiger partial charge < -0.3 is 9.42 Å². The molecular formula is C21H21N5O2S. The SMILES string of the molecule is Cc1cc(-c2cnc3cc(C)nn3c2[C@H]2CCCN(C(=O)c3cccs3)C2)on1. The Morgan fingerprint density at radius 2 is 2.17 bits per heavy atom. The van der Waals surface area contributed by atoms with E-state index in [2.05, 4.69) is 10.1 Å². The fourth-order valence-corrected chi connectivity index (χ4v) is 4.77. The van der Waals surface area contributed by atoms with E-state index in [0.717, 1.165) is 52.6 Å². The molecule has 1 saturated heterocycles. The van der Waals surface area contributed by atoms with E-state index in [1.807, 2.05) is 59.1 Å². The van der Waals surface area contributed by atoms with Gasteiger partial charge in [-0.2, -0.15) is 5.10 Å². The van der Waals surface area contributed by atoms with Gasteiger partial charge in [0.25, 0.3) is 5.91 Å². The van der Waals surface area contributed by atoms with Crippen molar-refractivity contribution in [3.63, 3.8) is 0 Å². The van der Waals surface area contributed by atoms with Gasteiger partial charge in [-0.1, -0.05) is 11.2 Å². The van der Waals surface area contributed by atoms with Crippen LogP contribution in [-0.2, 0) is 0 Å². The first-order chi connectivity index (χ1) is 14.1. The number of likely N-dealkylation sites (tertiary alicyclic amines) is 1. The van der Waals surface area contributed by atoms with E-state index in [0.29, 0.717) is 12.3 Å². The van der Waals surface area contributed by atoms with E-state index in [1.54, 1.807) is 0 Å². The number of piperidine rings is 1. The van der Waals surface area contributed by atoms with E-state index < -0.39 is 0 Å². The van der Waals surface area contributed by atoms with Crippen LogP contribution < -0.4 is 0 Å². The van der Waals surface area contributed by atoms with Crippen molar-refractivity contribution in [2.75, 3.05) is 13.1 Å². The number of carbonyl (C=O) groups is 1. The van der Waals surface area contributed by atoms with E-state index in [-0.39, 0.29) is 11.8 Å². The first-order valence-electron chi connectivity index (χ1n) is 9.72. The highest BCUT2D eigenvalue weighted by Crippen LogP contribution is 2.35. The molecule has 1 aliphatic rings. The summed E-state index contributed by atoms with van der Waals surface area (Å²) in [6, 6.07) is 7.69. The molecule has 0 unspecified atom stereocenters. The van der Waals surface area contributed by atoms with Crippen molar-refractivity contribution in [1.29, 1.82) is 0 Å². The molecule has 29 heavy (non-hydrogen) atoms. The standard InChI is InChI=1S/C21H21N5O2S/c1-13-10-19-22-11-16(17-9-14(2)24-28-17)20(26(19)23-13)15-5-3-7-25(12-15)21(27)18-6-4-8-29-18/h4,6,8-11,15H,3,5,7,12H2,1-2H3/t15-/m0/s1. The number of fused-ring (bicyclic) bond motifs is 1. The molecule has 0 bridgehead atoms. The third-order valence-electron chi connectivity index (χ3n) is 5.36. The van der Waals surface area contributed by atoms with Crippen LogP contribution in [0.25, 0.3) is 17.0 Å². The fourth-order valence-electron chi connectivity index (χ4n) is 4.08. The van der Waals surface area contributed by atoms with Crippen LogP contribution >= 0.6 is 11.3 Å². The Bertz CT molecular complexity index is 1180. The lowest BCUT2D eigenvalue weighted by atomic mass is 9.91. The second-order valence-corrected chi connectivity index (χ2v) is 8.46. The maximum absolute atomic E-state index is 12.9. The summed E-state index contributed by atoms with van der Waals surface area (Å²) >= 11 is 1.49. The van der Waals surface area contributed by atoms with Crippen molar-refractivity contribution in [1.82, 2.24) is 24.7 Å². The number of rotatable bonds is 3. The molecule has 4 aromatic heterocycles. The van der Waals surface area contributed by atoms with Crippen LogP contribution in [0.2, 0.25) is 0 Å². The number of thiophene rings is 1. The van der Waals surface area contributed by atoms with Crippen LogP contribution in [0.4, 0.5) is 0 Å². The monoisotopic (exact) mass is 407 g/mol. The Balaban J connectivity index is 1.58. The van der Waals surface area contributed by atoms with Crippen LogP contribution in [-0.4, -0.2) is 43.7 Å². The van der Waals surface area contributed by atoms with Crippen molar-refractivity contribution < 1.29 is 9.32 Å². The number of carbonyl (C=O) groups excluding carboxylic acids is 1. The molecule has 4 aromatic rings. The smallest absolute Gasteiger partial charge is 0.263 e. The van der Waals surface area contributed by atoms with Gasteiger partial charge >= 0.3 is 0 Å². The highest BCUT2D eigenvalue weighted by atomic mass is 32.1. The highest BCUT2D eigenvalue weighted by Gasteiger charge is 2.30. The molecule has 1 aliphatic heterocycles. The number of hydrogen-bond acceptors (Lipinski definition) is 6. The topological polar surface area (TPSA) is 76.5 Å². The molecule has 1 atom stereocenters. The maximum atomic E-state index is 12.9. The first kappa shape index (κ1) is 18.1. The second-order valence-electron chi connectivity index (χ2n) is 7.51. The zero-order valence-corrected chi connectivity index (χ0v) is 17.1. The van der Waals surface area contributed by atoms with Crippen LogP contribution in [0.1, 0.15) is 45.5 Å². The molecular weight excluding hydrogens is 386 g/mol. The van der Waals surface area contributed by atoms with Gasteiger partial charge in [-0.25, -0.2) is 9.50 Å². The lowest BCUT2D eigenvalue weighted by Crippen LogP contribution is -2.39. The second kappa shape index (κ2) is 7.11. The van der Waals surface area contributed by atoms with Crippen molar-refractivity contribution in [3.05, 3.63) is 57.8 Å². The minimum Gasteiger partial charge on any atom is -0.356 e. The number of aromatic nitrogens is 4. The molecule has 1 fully saturated rings. The van der Waals surface area contributed by atoms with E-state index in [9.17, 15) is 4.79 Å². The van der Waals surface area contributed by atoms with Crippen LogP contribution in [0, 0.1) is 13.8 Å². The Labute approximate surface area is 172 Å². The molecule has 7 nitrogen and oxygen atoms in total. The van der Waals surface area contributed by atoms with Gasteiger partial charge in [-0.3, -0.25) is 4.79 Å². The van der Waals surface area contributed by atoms with E-state index in [1.165, 1.54) is 11.3 Å². The van der Waals surface area contributed by atoms with Crippen molar-refractivity contribution in [3.8, 4) is 11.3 Å². The first-order valence-corrected chi connectivity index (χ1v) is 10.6. The summed E-state index contributed by atoms with van der Waals surface area (Å²) in [5.74, 6) is 0.920. The predicted octanol–water partition coefficient (Wildman–Crippen LogP) is 4.08. The zero-order chi connectivity index (χ0) is 20.0. The number of nitrogens with zero attached hydrogens (tertiary/aromatic N) is 5. The molecule has 8 heteroatoms. The Hall–Kier alpha value is -3.00. The molecule has 0 aliphatic carbocycles. The third-order valence-corrected chi connectivity index (χ3v) is 6.22. The minimum atomic E-state index is 0.101. The van der Waals surface area contributed by atoms with E-state index >= 15 is 0 Å². The van der Waals surface area contributed by atoms with Gasteiger partial charge in [-0.15, -0.1) is 11.3 Å². The highest BCUT2D eigenvalue weighted by molar-refractivity contribution is 7.12. The summed E-state index contributed by atoms with van der Waals surface area (Å²) in [5.41, 5.74) is 4.45. The third kappa shape index (κ3) is 3.23. The summed E-state index contributed by atoms with van der Waals surface area (Å²) in [6.45, 7) is 5.29. The summed E-state index contributed by atoms with van der Waals surface area (Å²) < 4.78 is 7.47. The molecule has 148 valence electrons. The van der Waals surface area contributed by atoms with Crippen LogP contribution in [0.15, 0.2) is 40.4 Å². The zero-order valence-electron chi connectivity index (χ0n) is 16.3. The summed E-state index contributed by atoms with van der Waals surface area (Å²) in [5, 5.41) is 10.7. The lowest BCUT2D eigenvalue weighted by molar-refractivity contribution is 0.0710. The lowest BCUT2D eigenvalue weighted by Gasteiger charge is -2.33. The molecule has 5 rings (SSSR count). The molecule has 5 heterocycles. The Kier molecular flexibility index (Phi) is 4.43. The maximum Gasteiger partial charge on any atom is 0.263 e. The van der Waals surface area contributed by atoms with E-state index in [4.69, 9.17) is 9.62 Å². The van der Waals surface area contributed by atoms with Gasteiger partial charge in [0, 0.05) is 37.3 Å². The minimum absolute atomic E-state index is 0.101. The van der Waals surface area contributed by atoms with Gasteiger partial charge in [0.15, 0.2) is 11.4 Å². The molecule has 1 amide bonds. The summed E-state index contributed by atoms with van der Waals surface area (Å²) in [7, 11) is 0. The average Bonchev–Trinajstić information content (AvgIpc) is 3.46. The van der Waals surface area contributed by atoms with Gasteiger partial charge in [0.2, 0.25) is 0 Å². The van der Waals surface area contributed by atoms with Gasteiger partial charge in [0.05, 0.1) is 27.5 Å². The van der Waals surface area contributed by atoms with Gasteiger partial charge in [0.1, 0.15) is 0 Å². The van der Waals surface area contributed by atoms with Gasteiger partial charge in [-0.05, 0) is 38.1 Å². The van der Waals surface area contributed by atoms with Crippen LogP contribution in [0.3, 0.4) is 0 Å². The van der Waals surface area contributed by atoms with Crippen LogP contribution in [0.5, 0.6) is 0 Å². The molecule has 0 aromatic carbocycles. The fraction of sp³-hybridized carbons (Fsp3) is 0.333. The summed E-state index contributed by atoms with van der Waals surface area (Å²) in [6.07, 6.45) is 3.76. The summed E-state index contributed by atoms with van der Waals surface area (Å²) in [4.78, 5) is 20.2. The molecule has 0 N–H and O–H groups in total. The number of amides is 1. The molecule has 0 radical (unpaired) electrons. The number of hydrogen-bond donors (Lipinski definition) is 0. The quantitative estimate of drug-likeness (QED) is 0.511. The van der Waals surface area contributed by atoms with Crippen molar-refractivity contribution in [2.24, 2.45) is 0 Å². The van der Waals surface area contributed by atoms with Crippen molar-refractivity contribution >= 4 is 22.9 Å². The Morgan fingerprint density at radius 1 is 1.28 bits per heavy atom. The van der Waals surface area contributed by atoms with Crippen molar-refractivity contribution in [2.45, 2.75) is 32.6 Å². The Morgan fingerprint density at radius 3 is 2.93 bits per heavy atom. The molecule has 0 spiro atoms. The largest absolute Gasteiger partial charge is 0.356 e. The number of aryl methyl sites for hydroxylation is 2. The predicted molar refractivity (Wildman–Crippen MR) is 110 cm³/mol. The molecule has 0 saturated carbocycles.